The highest BCUT2D eigenvalue weighted by Crippen LogP contribution is 2.52. The van der Waals surface area contributed by atoms with Crippen LogP contribution >= 0.6 is 17.4 Å². The van der Waals surface area contributed by atoms with E-state index in [1.54, 1.807) is 0 Å². The Morgan fingerprint density at radius 1 is 1.28 bits per heavy atom. The molecular weight excluding hydrogens is 398 g/mol. The predicted molar refractivity (Wildman–Crippen MR) is 123 cm³/mol. The number of aryl methyl sites for hydroxylation is 1. The summed E-state index contributed by atoms with van der Waals surface area (Å²) in [6, 6.07) is 10.7. The Balaban J connectivity index is 1.39. The van der Waals surface area contributed by atoms with Gasteiger partial charge in [-0.05, 0) is 68.3 Å². The monoisotopic (exact) mass is 432 g/mol. The molecule has 29 heavy (non-hydrogen) atoms. The number of hydrogen-bond donors (Lipinski definition) is 0. The highest BCUT2D eigenvalue weighted by molar-refractivity contribution is 8.00. The van der Waals surface area contributed by atoms with E-state index < -0.39 is 0 Å². The van der Waals surface area contributed by atoms with Crippen LogP contribution in [0.2, 0.25) is 0 Å². The molecular formula is C24H34O3P2. The van der Waals surface area contributed by atoms with E-state index in [0.29, 0.717) is 38.3 Å². The van der Waals surface area contributed by atoms with Crippen molar-refractivity contribution in [1.29, 1.82) is 0 Å². The molecule has 1 saturated heterocycles. The van der Waals surface area contributed by atoms with Crippen LogP contribution in [0.25, 0.3) is 0 Å². The lowest BCUT2D eigenvalue weighted by atomic mass is 9.68. The van der Waals surface area contributed by atoms with Gasteiger partial charge in [0.05, 0.1) is 12.0 Å². The predicted octanol–water partition coefficient (Wildman–Crippen LogP) is 5.95. The Bertz CT molecular complexity index is 707. The smallest absolute Gasteiger partial charge is 0.309 e. The zero-order chi connectivity index (χ0) is 20.2. The minimum Gasteiger partial charge on any atom is -0.462 e. The van der Waals surface area contributed by atoms with E-state index in [-0.39, 0.29) is 18.0 Å². The van der Waals surface area contributed by atoms with Gasteiger partial charge < -0.3 is 9.26 Å². The molecule has 0 bridgehead atoms. The summed E-state index contributed by atoms with van der Waals surface area (Å²) >= 11 is 0. The molecule has 2 fully saturated rings. The highest BCUT2D eigenvalue weighted by atomic mass is 32.0. The third-order valence-corrected chi connectivity index (χ3v) is 8.27. The SMILES string of the molecule is C[C@@H]1C[C@@H]2OC(=O)C3CCC=CC3[C@@H]2[C@H]1CC[C@H](CCc1ccccc1)OPP. The first-order valence-corrected chi connectivity index (χ1v) is 13.9. The summed E-state index contributed by atoms with van der Waals surface area (Å²) < 4.78 is 12.0. The molecule has 4 rings (SSSR count). The zero-order valence-corrected chi connectivity index (χ0v) is 19.5. The molecule has 0 aromatic heterocycles. The molecule has 4 unspecified atom stereocenters. The van der Waals surface area contributed by atoms with Crippen molar-refractivity contribution < 1.29 is 14.1 Å². The van der Waals surface area contributed by atoms with Gasteiger partial charge in [0.2, 0.25) is 0 Å². The Kier molecular flexibility index (Phi) is 7.44. The molecule has 1 heterocycles. The van der Waals surface area contributed by atoms with Crippen LogP contribution in [0.3, 0.4) is 0 Å². The summed E-state index contributed by atoms with van der Waals surface area (Å²) in [4.78, 5) is 12.5. The van der Waals surface area contributed by atoms with Crippen LogP contribution in [-0.4, -0.2) is 18.2 Å². The lowest BCUT2D eigenvalue weighted by Crippen LogP contribution is -2.45. The lowest BCUT2D eigenvalue weighted by Gasteiger charge is -2.41. The van der Waals surface area contributed by atoms with Crippen molar-refractivity contribution in [2.45, 2.75) is 64.1 Å². The first kappa shape index (κ1) is 21.5. The number of allylic oxidation sites excluding steroid dienone is 2. The van der Waals surface area contributed by atoms with Crippen LogP contribution in [0.4, 0.5) is 0 Å². The quantitative estimate of drug-likeness (QED) is 0.289. The van der Waals surface area contributed by atoms with Gasteiger partial charge in [-0.1, -0.05) is 58.3 Å². The van der Waals surface area contributed by atoms with Crippen LogP contribution in [0.5, 0.6) is 0 Å². The van der Waals surface area contributed by atoms with Gasteiger partial charge in [-0.15, -0.1) is 0 Å². The summed E-state index contributed by atoms with van der Waals surface area (Å²) in [7, 11) is 3.18. The van der Waals surface area contributed by atoms with Crippen LogP contribution < -0.4 is 0 Å². The number of carbonyl (C=O) groups is 1. The molecule has 1 aliphatic heterocycles. The van der Waals surface area contributed by atoms with E-state index in [1.807, 2.05) is 0 Å². The molecule has 0 spiro atoms. The molecule has 158 valence electrons. The van der Waals surface area contributed by atoms with E-state index in [1.165, 1.54) is 12.0 Å². The molecule has 1 aromatic rings. The summed E-state index contributed by atoms with van der Waals surface area (Å²) in [6.07, 6.45) is 12.5. The standard InChI is InChI=1S/C24H34O3P2/c1-16-15-22-23(20-9-5-6-10-21(20)24(25)26-22)19(16)14-13-18(27-29-28)12-11-17-7-3-2-4-8-17/h2-5,7-9,16,18-23,29H,6,10-15,28H2,1H3/t16-,18+,19+,20?,21?,22+,23+/m1/s1. The third kappa shape index (κ3) is 4.95. The number of esters is 1. The van der Waals surface area contributed by atoms with Gasteiger partial charge in [0.1, 0.15) is 6.10 Å². The number of hydrogen-bond acceptors (Lipinski definition) is 3. The van der Waals surface area contributed by atoms with Crippen molar-refractivity contribution in [2.24, 2.45) is 29.6 Å². The molecule has 0 amide bonds. The van der Waals surface area contributed by atoms with Crippen molar-refractivity contribution in [1.82, 2.24) is 0 Å². The molecule has 3 nitrogen and oxygen atoms in total. The maximum Gasteiger partial charge on any atom is 0.309 e. The summed E-state index contributed by atoms with van der Waals surface area (Å²) in [5.41, 5.74) is 1.39. The average Bonchev–Trinajstić information content (AvgIpc) is 3.06. The Hall–Kier alpha value is -0.750. The van der Waals surface area contributed by atoms with E-state index in [9.17, 15) is 4.79 Å². The molecule has 0 N–H and O–H groups in total. The number of fused-ring (bicyclic) bond motifs is 3. The van der Waals surface area contributed by atoms with E-state index in [0.717, 1.165) is 38.5 Å². The van der Waals surface area contributed by atoms with Crippen molar-refractivity contribution in [3.05, 3.63) is 48.0 Å². The van der Waals surface area contributed by atoms with Gasteiger partial charge in [0, 0.05) is 14.4 Å². The largest absolute Gasteiger partial charge is 0.462 e. The zero-order valence-electron chi connectivity index (χ0n) is 17.3. The molecule has 2 aliphatic carbocycles. The number of benzene rings is 1. The van der Waals surface area contributed by atoms with E-state index in [2.05, 4.69) is 58.3 Å². The average molecular weight is 432 g/mol. The van der Waals surface area contributed by atoms with Gasteiger partial charge in [-0.25, -0.2) is 0 Å². The van der Waals surface area contributed by atoms with Crippen LogP contribution in [0.15, 0.2) is 42.5 Å². The highest BCUT2D eigenvalue weighted by Gasteiger charge is 2.53. The number of rotatable bonds is 8. The van der Waals surface area contributed by atoms with E-state index >= 15 is 0 Å². The second-order valence-corrected chi connectivity index (χ2v) is 10.3. The van der Waals surface area contributed by atoms with Crippen LogP contribution in [0, 0.1) is 29.6 Å². The fourth-order valence-electron chi connectivity index (χ4n) is 5.96. The number of carbonyl (C=O) groups excluding carboxylic acids is 1. The van der Waals surface area contributed by atoms with Gasteiger partial charge in [-0.3, -0.25) is 4.79 Å². The Labute approximate surface area is 179 Å². The lowest BCUT2D eigenvalue weighted by molar-refractivity contribution is -0.170. The molecule has 3 aliphatic rings. The maximum atomic E-state index is 12.5. The Morgan fingerprint density at radius 2 is 2.10 bits per heavy atom. The van der Waals surface area contributed by atoms with Gasteiger partial charge in [-0.2, -0.15) is 0 Å². The first-order chi connectivity index (χ1) is 14.2. The molecule has 5 heteroatoms. The minimum atomic E-state index is 0.0572. The number of ether oxygens (including phenoxy) is 1. The van der Waals surface area contributed by atoms with Gasteiger partial charge in [0.25, 0.3) is 0 Å². The van der Waals surface area contributed by atoms with Gasteiger partial charge >= 0.3 is 5.97 Å². The molecule has 1 saturated carbocycles. The van der Waals surface area contributed by atoms with Crippen LogP contribution in [0.1, 0.15) is 51.0 Å². The minimum absolute atomic E-state index is 0.0572. The second kappa shape index (κ2) is 10.0. The second-order valence-electron chi connectivity index (χ2n) is 9.08. The Morgan fingerprint density at radius 3 is 2.90 bits per heavy atom. The normalized spacial score (nSPS) is 34.8. The van der Waals surface area contributed by atoms with Gasteiger partial charge in [0.15, 0.2) is 0 Å². The first-order valence-electron chi connectivity index (χ1n) is 11.2. The van der Waals surface area contributed by atoms with Crippen molar-refractivity contribution in [2.75, 3.05) is 0 Å². The van der Waals surface area contributed by atoms with Crippen molar-refractivity contribution >= 4 is 23.4 Å². The summed E-state index contributed by atoms with van der Waals surface area (Å²) in [5, 5.41) is 0. The fraction of sp³-hybridized carbons (Fsp3) is 0.625. The van der Waals surface area contributed by atoms with E-state index in [4.69, 9.17) is 9.26 Å². The maximum absolute atomic E-state index is 12.5. The fourth-order valence-corrected chi connectivity index (χ4v) is 6.97. The molecule has 1 aromatic carbocycles. The third-order valence-electron chi connectivity index (χ3n) is 7.40. The van der Waals surface area contributed by atoms with Crippen molar-refractivity contribution in [3.63, 3.8) is 0 Å². The molecule has 0 radical (unpaired) electrons. The summed E-state index contributed by atoms with van der Waals surface area (Å²) in [5.74, 6) is 2.27. The molecule has 9 atom stereocenters. The van der Waals surface area contributed by atoms with Crippen molar-refractivity contribution in [3.8, 4) is 0 Å². The summed E-state index contributed by atoms with van der Waals surface area (Å²) in [6.45, 7) is 2.36. The van der Waals surface area contributed by atoms with Crippen LogP contribution in [-0.2, 0) is 20.5 Å². The topological polar surface area (TPSA) is 35.5 Å².